The molecule has 1 aliphatic rings. The lowest BCUT2D eigenvalue weighted by molar-refractivity contribution is 0.0365. The number of ether oxygens (including phenoxy) is 1. The maximum atomic E-state index is 11.7. The SMILES string of the molecule is CC1OCCC1NC(=O)NCC(C)(O)c1ccco1. The molecule has 3 unspecified atom stereocenters. The van der Waals surface area contributed by atoms with Gasteiger partial charge >= 0.3 is 6.03 Å². The van der Waals surface area contributed by atoms with Crippen molar-refractivity contribution >= 4 is 6.03 Å². The molecule has 0 bridgehead atoms. The molecule has 0 aromatic carbocycles. The van der Waals surface area contributed by atoms with Crippen LogP contribution in [0.5, 0.6) is 0 Å². The first kappa shape index (κ1) is 13.9. The molecular weight excluding hydrogens is 248 g/mol. The number of nitrogens with one attached hydrogen (secondary N) is 2. The molecule has 1 aliphatic heterocycles. The van der Waals surface area contributed by atoms with Crippen molar-refractivity contribution in [3.8, 4) is 0 Å². The Morgan fingerprint density at radius 1 is 1.63 bits per heavy atom. The highest BCUT2D eigenvalue weighted by Crippen LogP contribution is 2.19. The van der Waals surface area contributed by atoms with Crippen LogP contribution >= 0.6 is 0 Å². The Bertz CT molecular complexity index is 416. The van der Waals surface area contributed by atoms with Crippen LogP contribution < -0.4 is 10.6 Å². The van der Waals surface area contributed by atoms with Gasteiger partial charge in [0.05, 0.1) is 25.0 Å². The Labute approximate surface area is 112 Å². The Hall–Kier alpha value is -1.53. The van der Waals surface area contributed by atoms with Crippen molar-refractivity contribution in [1.82, 2.24) is 10.6 Å². The highest BCUT2D eigenvalue weighted by molar-refractivity contribution is 5.74. The fraction of sp³-hybridized carbons (Fsp3) is 0.615. The molecule has 1 aromatic heterocycles. The van der Waals surface area contributed by atoms with E-state index in [0.717, 1.165) is 6.42 Å². The number of amides is 2. The van der Waals surface area contributed by atoms with Crippen LogP contribution in [-0.4, -0.2) is 36.4 Å². The van der Waals surface area contributed by atoms with Gasteiger partial charge in [-0.2, -0.15) is 0 Å². The standard InChI is InChI=1S/C13H20N2O4/c1-9-10(5-7-18-9)15-12(16)14-8-13(2,17)11-4-3-6-19-11/h3-4,6,9-10,17H,5,7-8H2,1-2H3,(H2,14,15,16). The Kier molecular flexibility index (Phi) is 4.11. The third kappa shape index (κ3) is 3.48. The maximum Gasteiger partial charge on any atom is 0.315 e. The zero-order valence-corrected chi connectivity index (χ0v) is 11.2. The zero-order chi connectivity index (χ0) is 13.9. The van der Waals surface area contributed by atoms with Crippen molar-refractivity contribution < 1.29 is 19.1 Å². The van der Waals surface area contributed by atoms with Crippen molar-refractivity contribution in [3.63, 3.8) is 0 Å². The molecule has 1 fully saturated rings. The summed E-state index contributed by atoms with van der Waals surface area (Å²) in [6, 6.07) is 3.08. The number of aliphatic hydroxyl groups is 1. The van der Waals surface area contributed by atoms with Gasteiger partial charge in [0.1, 0.15) is 11.4 Å². The van der Waals surface area contributed by atoms with Gasteiger partial charge in [0.15, 0.2) is 0 Å². The first-order valence-electron chi connectivity index (χ1n) is 6.41. The lowest BCUT2D eigenvalue weighted by Crippen LogP contribution is -2.48. The van der Waals surface area contributed by atoms with Gasteiger partial charge in [-0.1, -0.05) is 0 Å². The van der Waals surface area contributed by atoms with E-state index in [1.807, 2.05) is 6.92 Å². The second-order valence-corrected chi connectivity index (χ2v) is 5.05. The number of furan rings is 1. The van der Waals surface area contributed by atoms with Crippen LogP contribution in [0.25, 0.3) is 0 Å². The van der Waals surface area contributed by atoms with Crippen LogP contribution in [0, 0.1) is 0 Å². The molecule has 1 saturated heterocycles. The number of carbonyl (C=O) groups excluding carboxylic acids is 1. The van der Waals surface area contributed by atoms with Gasteiger partial charge in [0.2, 0.25) is 0 Å². The quantitative estimate of drug-likeness (QED) is 0.759. The summed E-state index contributed by atoms with van der Waals surface area (Å²) in [7, 11) is 0. The second-order valence-electron chi connectivity index (χ2n) is 5.05. The van der Waals surface area contributed by atoms with Crippen molar-refractivity contribution in [2.45, 2.75) is 38.0 Å². The van der Waals surface area contributed by atoms with Crippen LogP contribution in [0.4, 0.5) is 4.79 Å². The highest BCUT2D eigenvalue weighted by Gasteiger charge is 2.29. The average Bonchev–Trinajstić information content (AvgIpc) is 3.00. The predicted octanol–water partition coefficient (Wildman–Crippen LogP) is 0.964. The van der Waals surface area contributed by atoms with Crippen molar-refractivity contribution in [2.24, 2.45) is 0 Å². The zero-order valence-electron chi connectivity index (χ0n) is 11.2. The van der Waals surface area contributed by atoms with E-state index in [0.29, 0.717) is 12.4 Å². The summed E-state index contributed by atoms with van der Waals surface area (Å²) >= 11 is 0. The molecule has 19 heavy (non-hydrogen) atoms. The molecule has 2 heterocycles. The summed E-state index contributed by atoms with van der Waals surface area (Å²) in [4.78, 5) is 11.7. The van der Waals surface area contributed by atoms with Gasteiger partial charge in [-0.05, 0) is 32.4 Å². The molecule has 0 aliphatic carbocycles. The first-order chi connectivity index (χ1) is 8.99. The summed E-state index contributed by atoms with van der Waals surface area (Å²) in [5.41, 5.74) is -1.22. The Morgan fingerprint density at radius 3 is 3.00 bits per heavy atom. The predicted molar refractivity (Wildman–Crippen MR) is 68.6 cm³/mol. The van der Waals surface area contributed by atoms with E-state index in [2.05, 4.69) is 10.6 Å². The van der Waals surface area contributed by atoms with E-state index in [1.165, 1.54) is 6.26 Å². The third-order valence-corrected chi connectivity index (χ3v) is 3.34. The number of hydrogen-bond donors (Lipinski definition) is 3. The van der Waals surface area contributed by atoms with Gasteiger partial charge in [-0.25, -0.2) is 4.79 Å². The topological polar surface area (TPSA) is 83.7 Å². The lowest BCUT2D eigenvalue weighted by atomic mass is 10.0. The molecule has 0 radical (unpaired) electrons. The van der Waals surface area contributed by atoms with Gasteiger partial charge in [-0.3, -0.25) is 0 Å². The van der Waals surface area contributed by atoms with Crippen LogP contribution in [0.3, 0.4) is 0 Å². The van der Waals surface area contributed by atoms with Crippen molar-refractivity contribution in [2.75, 3.05) is 13.2 Å². The minimum absolute atomic E-state index is 0.0218. The first-order valence-corrected chi connectivity index (χ1v) is 6.41. The molecule has 3 atom stereocenters. The van der Waals surface area contributed by atoms with Gasteiger partial charge in [-0.15, -0.1) is 0 Å². The minimum Gasteiger partial charge on any atom is -0.466 e. The fourth-order valence-corrected chi connectivity index (χ4v) is 2.07. The molecule has 0 saturated carbocycles. The van der Waals surface area contributed by atoms with Crippen LogP contribution in [0.2, 0.25) is 0 Å². The van der Waals surface area contributed by atoms with Crippen molar-refractivity contribution in [3.05, 3.63) is 24.2 Å². The smallest absolute Gasteiger partial charge is 0.315 e. The van der Waals surface area contributed by atoms with E-state index >= 15 is 0 Å². The molecule has 106 valence electrons. The maximum absolute atomic E-state index is 11.7. The molecule has 3 N–H and O–H groups in total. The molecule has 2 rings (SSSR count). The number of rotatable bonds is 4. The van der Waals surface area contributed by atoms with Gasteiger partial charge in [0.25, 0.3) is 0 Å². The summed E-state index contributed by atoms with van der Waals surface area (Å²) in [5, 5.41) is 15.6. The van der Waals surface area contributed by atoms with Gasteiger partial charge < -0.3 is 24.9 Å². The van der Waals surface area contributed by atoms with Crippen molar-refractivity contribution in [1.29, 1.82) is 0 Å². The number of hydrogen-bond acceptors (Lipinski definition) is 4. The average molecular weight is 268 g/mol. The third-order valence-electron chi connectivity index (χ3n) is 3.34. The van der Waals surface area contributed by atoms with E-state index < -0.39 is 5.60 Å². The summed E-state index contributed by atoms with van der Waals surface area (Å²) in [6.45, 7) is 4.26. The van der Waals surface area contributed by atoms with Crippen LogP contribution in [-0.2, 0) is 10.3 Å². The number of urea groups is 1. The molecule has 6 heteroatoms. The van der Waals surface area contributed by atoms with E-state index in [9.17, 15) is 9.90 Å². The van der Waals surface area contributed by atoms with Gasteiger partial charge in [0, 0.05) is 6.61 Å². The Morgan fingerprint density at radius 2 is 2.42 bits per heavy atom. The molecular formula is C13H20N2O4. The largest absolute Gasteiger partial charge is 0.466 e. The summed E-state index contributed by atoms with van der Waals surface area (Å²) in [5.74, 6) is 0.422. The summed E-state index contributed by atoms with van der Waals surface area (Å²) in [6.07, 6.45) is 2.32. The second kappa shape index (κ2) is 5.63. The van der Waals surface area contributed by atoms with E-state index in [1.54, 1.807) is 19.1 Å². The molecule has 1 aromatic rings. The number of carbonyl (C=O) groups is 1. The van der Waals surface area contributed by atoms with Crippen LogP contribution in [0.1, 0.15) is 26.0 Å². The molecule has 6 nitrogen and oxygen atoms in total. The Balaban J connectivity index is 1.80. The summed E-state index contributed by atoms with van der Waals surface area (Å²) < 4.78 is 10.5. The van der Waals surface area contributed by atoms with E-state index in [4.69, 9.17) is 9.15 Å². The molecule has 0 spiro atoms. The fourth-order valence-electron chi connectivity index (χ4n) is 2.07. The van der Waals surface area contributed by atoms with E-state index in [-0.39, 0.29) is 24.7 Å². The van der Waals surface area contributed by atoms with Crippen LogP contribution in [0.15, 0.2) is 22.8 Å². The molecule has 2 amide bonds. The minimum atomic E-state index is -1.22. The highest BCUT2D eigenvalue weighted by atomic mass is 16.5. The monoisotopic (exact) mass is 268 g/mol. The normalized spacial score (nSPS) is 25.8. The lowest BCUT2D eigenvalue weighted by Gasteiger charge is -2.22.